The molecule has 0 N–H and O–H groups in total. The summed E-state index contributed by atoms with van der Waals surface area (Å²) in [5.74, 6) is -1.50. The topological polar surface area (TPSA) is 0 Å². The average Bonchev–Trinajstić information content (AvgIpc) is 1.96. The van der Waals surface area contributed by atoms with E-state index < -0.39 is 24.5 Å². The molecule has 66 valence electrons. The number of alkyl halides is 2. The van der Waals surface area contributed by atoms with Gasteiger partial charge >= 0.3 is 0 Å². The highest BCUT2D eigenvalue weighted by molar-refractivity contribution is 5.19. The van der Waals surface area contributed by atoms with Crippen molar-refractivity contribution in [1.82, 2.24) is 0 Å². The van der Waals surface area contributed by atoms with E-state index in [4.69, 9.17) is 0 Å². The molecule has 0 radical (unpaired) electrons. The Morgan fingerprint density at radius 2 is 1.83 bits per heavy atom. The van der Waals surface area contributed by atoms with Crippen molar-refractivity contribution < 1.29 is 17.6 Å². The second-order valence-corrected chi connectivity index (χ2v) is 2.33. The zero-order valence-corrected chi connectivity index (χ0v) is 6.03. The fourth-order valence-electron chi connectivity index (χ4n) is 0.866. The van der Waals surface area contributed by atoms with E-state index in [2.05, 4.69) is 0 Å². The molecule has 0 aliphatic heterocycles. The lowest BCUT2D eigenvalue weighted by Gasteiger charge is -2.01. The number of rotatable bonds is 2. The first kappa shape index (κ1) is 9.03. The standard InChI is InChI=1S/C8H6F4/c9-6-1-2-7(10)5(3-6)4-8(11)12/h1-3,8H,4H2. The van der Waals surface area contributed by atoms with Crippen LogP contribution in [0, 0.1) is 11.6 Å². The molecule has 1 aromatic rings. The molecule has 0 atom stereocenters. The van der Waals surface area contributed by atoms with Crippen LogP contribution >= 0.6 is 0 Å². The van der Waals surface area contributed by atoms with E-state index in [1.807, 2.05) is 0 Å². The SMILES string of the molecule is Fc1ccc(F)c(CC(F)F)c1. The highest BCUT2D eigenvalue weighted by Gasteiger charge is 2.09. The normalized spacial score (nSPS) is 10.8. The van der Waals surface area contributed by atoms with E-state index in [-0.39, 0.29) is 5.56 Å². The summed E-state index contributed by atoms with van der Waals surface area (Å²) in [7, 11) is 0. The monoisotopic (exact) mass is 178 g/mol. The highest BCUT2D eigenvalue weighted by atomic mass is 19.3. The Balaban J connectivity index is 2.90. The average molecular weight is 178 g/mol. The van der Waals surface area contributed by atoms with Crippen molar-refractivity contribution in [3.63, 3.8) is 0 Å². The maximum Gasteiger partial charge on any atom is 0.242 e. The Morgan fingerprint density at radius 1 is 1.17 bits per heavy atom. The van der Waals surface area contributed by atoms with Gasteiger partial charge in [0.2, 0.25) is 6.43 Å². The summed E-state index contributed by atoms with van der Waals surface area (Å²) in [6.07, 6.45) is -3.40. The maximum absolute atomic E-state index is 12.6. The van der Waals surface area contributed by atoms with Crippen molar-refractivity contribution in [3.8, 4) is 0 Å². The predicted molar refractivity (Wildman–Crippen MR) is 36.1 cm³/mol. The minimum absolute atomic E-state index is 0.287. The van der Waals surface area contributed by atoms with Crippen LogP contribution in [0.15, 0.2) is 18.2 Å². The molecule has 12 heavy (non-hydrogen) atoms. The Bertz CT molecular complexity index is 270. The predicted octanol–water partition coefficient (Wildman–Crippen LogP) is 2.77. The molecule has 4 heteroatoms. The Labute approximate surface area is 66.8 Å². The van der Waals surface area contributed by atoms with E-state index in [0.29, 0.717) is 0 Å². The first-order valence-corrected chi connectivity index (χ1v) is 3.31. The van der Waals surface area contributed by atoms with E-state index >= 15 is 0 Å². The van der Waals surface area contributed by atoms with Gasteiger partial charge in [0.15, 0.2) is 0 Å². The van der Waals surface area contributed by atoms with Crippen molar-refractivity contribution >= 4 is 0 Å². The minimum atomic E-state index is -2.65. The molecule has 0 aliphatic rings. The van der Waals surface area contributed by atoms with Gasteiger partial charge < -0.3 is 0 Å². The summed E-state index contributed by atoms with van der Waals surface area (Å²) < 4.78 is 48.5. The Hall–Kier alpha value is -1.06. The molecule has 0 bridgehead atoms. The van der Waals surface area contributed by atoms with Gasteiger partial charge in [-0.2, -0.15) is 0 Å². The lowest BCUT2D eigenvalue weighted by atomic mass is 10.1. The van der Waals surface area contributed by atoms with Crippen molar-refractivity contribution in [3.05, 3.63) is 35.4 Å². The van der Waals surface area contributed by atoms with E-state index in [9.17, 15) is 17.6 Å². The second-order valence-electron chi connectivity index (χ2n) is 2.33. The molecule has 0 saturated carbocycles. The minimum Gasteiger partial charge on any atom is -0.210 e. The van der Waals surface area contributed by atoms with Gasteiger partial charge in [0, 0.05) is 6.42 Å². The summed E-state index contributed by atoms with van der Waals surface area (Å²) in [6, 6.07) is 2.51. The van der Waals surface area contributed by atoms with Gasteiger partial charge in [-0.25, -0.2) is 17.6 Å². The third-order valence-corrected chi connectivity index (χ3v) is 1.38. The maximum atomic E-state index is 12.6. The third-order valence-electron chi connectivity index (χ3n) is 1.38. The molecule has 0 amide bonds. The molecule has 1 rings (SSSR count). The molecule has 0 aliphatic carbocycles. The number of benzene rings is 1. The lowest BCUT2D eigenvalue weighted by molar-refractivity contribution is 0.147. The van der Waals surface area contributed by atoms with Crippen LogP contribution in [-0.2, 0) is 6.42 Å². The highest BCUT2D eigenvalue weighted by Crippen LogP contribution is 2.13. The zero-order chi connectivity index (χ0) is 9.14. The zero-order valence-electron chi connectivity index (χ0n) is 6.03. The van der Waals surface area contributed by atoms with Crippen LogP contribution in [0.3, 0.4) is 0 Å². The first-order valence-electron chi connectivity index (χ1n) is 3.31. The van der Waals surface area contributed by atoms with Gasteiger partial charge in [-0.3, -0.25) is 0 Å². The Kier molecular flexibility index (Phi) is 2.68. The summed E-state index contributed by atoms with van der Waals surface area (Å²) in [5.41, 5.74) is -0.287. The van der Waals surface area contributed by atoms with Crippen molar-refractivity contribution in [2.24, 2.45) is 0 Å². The molecule has 1 aromatic carbocycles. The molecule has 0 aromatic heterocycles. The van der Waals surface area contributed by atoms with E-state index in [1.54, 1.807) is 0 Å². The van der Waals surface area contributed by atoms with Gasteiger partial charge in [-0.1, -0.05) is 0 Å². The van der Waals surface area contributed by atoms with E-state index in [1.165, 1.54) is 0 Å². The van der Waals surface area contributed by atoms with Crippen molar-refractivity contribution in [1.29, 1.82) is 0 Å². The van der Waals surface area contributed by atoms with E-state index in [0.717, 1.165) is 18.2 Å². The molecular formula is C8H6F4. The number of hydrogen-bond acceptors (Lipinski definition) is 0. The molecular weight excluding hydrogens is 172 g/mol. The fraction of sp³-hybridized carbons (Fsp3) is 0.250. The largest absolute Gasteiger partial charge is 0.242 e. The quantitative estimate of drug-likeness (QED) is 0.611. The molecule has 0 unspecified atom stereocenters. The van der Waals surface area contributed by atoms with Gasteiger partial charge in [0.25, 0.3) is 0 Å². The van der Waals surface area contributed by atoms with Crippen LogP contribution in [0.25, 0.3) is 0 Å². The van der Waals surface area contributed by atoms with Crippen LogP contribution in [0.2, 0.25) is 0 Å². The molecule has 0 saturated heterocycles. The fourth-order valence-corrected chi connectivity index (χ4v) is 0.866. The summed E-state index contributed by atoms with van der Waals surface area (Å²) >= 11 is 0. The van der Waals surface area contributed by atoms with Crippen LogP contribution in [0.1, 0.15) is 5.56 Å². The summed E-state index contributed by atoms with van der Waals surface area (Å²) in [4.78, 5) is 0. The van der Waals surface area contributed by atoms with Crippen molar-refractivity contribution in [2.45, 2.75) is 12.8 Å². The molecule has 0 spiro atoms. The summed E-state index contributed by atoms with van der Waals surface area (Å²) in [5, 5.41) is 0. The summed E-state index contributed by atoms with van der Waals surface area (Å²) in [6.45, 7) is 0. The molecule has 0 fully saturated rings. The number of hydrogen-bond donors (Lipinski definition) is 0. The van der Waals surface area contributed by atoms with Gasteiger partial charge in [0.1, 0.15) is 11.6 Å². The smallest absolute Gasteiger partial charge is 0.210 e. The number of halogens is 4. The molecule has 0 heterocycles. The molecule has 0 nitrogen and oxygen atoms in total. The van der Waals surface area contributed by atoms with Crippen LogP contribution < -0.4 is 0 Å². The second kappa shape index (κ2) is 3.56. The van der Waals surface area contributed by atoms with Crippen LogP contribution in [0.5, 0.6) is 0 Å². The van der Waals surface area contributed by atoms with Crippen molar-refractivity contribution in [2.75, 3.05) is 0 Å². The first-order chi connectivity index (χ1) is 5.59. The third kappa shape index (κ3) is 2.22. The van der Waals surface area contributed by atoms with Gasteiger partial charge in [-0.15, -0.1) is 0 Å². The van der Waals surface area contributed by atoms with Crippen LogP contribution in [0.4, 0.5) is 17.6 Å². The van der Waals surface area contributed by atoms with Crippen LogP contribution in [-0.4, -0.2) is 6.43 Å². The van der Waals surface area contributed by atoms with Gasteiger partial charge in [0.05, 0.1) is 0 Å². The lowest BCUT2D eigenvalue weighted by Crippen LogP contribution is -2.00. The Morgan fingerprint density at radius 3 is 2.42 bits per heavy atom. The van der Waals surface area contributed by atoms with Gasteiger partial charge in [-0.05, 0) is 23.8 Å².